The number of alkyl halides is 1. The van der Waals surface area contributed by atoms with Crippen molar-refractivity contribution in [2.24, 2.45) is 0 Å². The molecule has 0 amide bonds. The van der Waals surface area contributed by atoms with Crippen LogP contribution in [-0.2, 0) is 28.9 Å². The zero-order valence-electron chi connectivity index (χ0n) is 18.5. The van der Waals surface area contributed by atoms with E-state index in [1.54, 1.807) is 6.07 Å². The van der Waals surface area contributed by atoms with Gasteiger partial charge in [-0.3, -0.25) is 0 Å². The molecule has 3 rings (SSSR count). The Morgan fingerprint density at radius 2 is 1.84 bits per heavy atom. The first-order valence-corrected chi connectivity index (χ1v) is 11.4. The zero-order chi connectivity index (χ0) is 23.3. The summed E-state index contributed by atoms with van der Waals surface area (Å²) in [6, 6.07) is 12.1. The van der Waals surface area contributed by atoms with Crippen LogP contribution in [0.25, 0.3) is 0 Å². The van der Waals surface area contributed by atoms with Crippen molar-refractivity contribution in [2.75, 3.05) is 13.2 Å². The van der Waals surface area contributed by atoms with Crippen molar-refractivity contribution in [2.45, 2.75) is 70.3 Å². The summed E-state index contributed by atoms with van der Waals surface area (Å²) in [4.78, 5) is 0. The average molecular weight is 467 g/mol. The van der Waals surface area contributed by atoms with E-state index >= 15 is 0 Å². The van der Waals surface area contributed by atoms with E-state index in [9.17, 15) is 19.7 Å². The number of aliphatic hydroxyl groups excluding tert-OH is 3. The van der Waals surface area contributed by atoms with Crippen LogP contribution >= 0.6 is 11.6 Å². The van der Waals surface area contributed by atoms with Crippen LogP contribution in [-0.4, -0.2) is 53.0 Å². The molecular formula is C25H32ClFO5. The van der Waals surface area contributed by atoms with Crippen molar-refractivity contribution >= 4 is 11.6 Å². The molecule has 0 spiro atoms. The highest BCUT2D eigenvalue weighted by atomic mass is 35.5. The molecule has 0 saturated carbocycles. The molecule has 3 N–H and O–H groups in total. The van der Waals surface area contributed by atoms with E-state index < -0.39 is 37.2 Å². The lowest BCUT2D eigenvalue weighted by molar-refractivity contribution is -0.181. The lowest BCUT2D eigenvalue weighted by Gasteiger charge is -2.37. The van der Waals surface area contributed by atoms with E-state index in [-0.39, 0.29) is 19.6 Å². The molecule has 5 nitrogen and oxygen atoms in total. The molecule has 1 aliphatic rings. The van der Waals surface area contributed by atoms with Crippen molar-refractivity contribution in [3.63, 3.8) is 0 Å². The predicted molar refractivity (Wildman–Crippen MR) is 122 cm³/mol. The smallest absolute Gasteiger partial charge is 0.121 e. The number of rotatable bonds is 9. The summed E-state index contributed by atoms with van der Waals surface area (Å²) >= 11 is 6.60. The Hall–Kier alpha value is -1.54. The molecule has 2 aromatic carbocycles. The van der Waals surface area contributed by atoms with Crippen molar-refractivity contribution < 1.29 is 29.2 Å². The number of ether oxygens (including phenoxy) is 2. The number of hydrogen-bond donors (Lipinski definition) is 3. The highest BCUT2D eigenvalue weighted by Crippen LogP contribution is 2.36. The Balaban J connectivity index is 1.92. The highest BCUT2D eigenvalue weighted by Gasteiger charge is 2.37. The van der Waals surface area contributed by atoms with E-state index in [4.69, 9.17) is 21.1 Å². The first kappa shape index (κ1) is 25.1. The summed E-state index contributed by atoms with van der Waals surface area (Å²) in [5.74, 6) is 0. The van der Waals surface area contributed by atoms with Gasteiger partial charge in [0, 0.05) is 11.4 Å². The maximum absolute atomic E-state index is 13.2. The van der Waals surface area contributed by atoms with Crippen LogP contribution in [0.2, 0.25) is 5.02 Å². The van der Waals surface area contributed by atoms with Gasteiger partial charge >= 0.3 is 0 Å². The van der Waals surface area contributed by atoms with Gasteiger partial charge in [0.2, 0.25) is 0 Å². The normalized spacial score (nSPS) is 24.5. The minimum Gasteiger partial charge on any atom is -0.394 e. The van der Waals surface area contributed by atoms with Gasteiger partial charge < -0.3 is 24.8 Å². The molecule has 5 atom stereocenters. The summed E-state index contributed by atoms with van der Waals surface area (Å²) in [6.45, 7) is 3.21. The monoisotopic (exact) mass is 466 g/mol. The lowest BCUT2D eigenvalue weighted by atomic mass is 9.89. The number of aryl methyl sites for hydroxylation is 1. The quantitative estimate of drug-likeness (QED) is 0.522. The molecule has 1 saturated heterocycles. The summed E-state index contributed by atoms with van der Waals surface area (Å²) < 4.78 is 24.6. The fourth-order valence-electron chi connectivity index (χ4n) is 3.99. The number of halogens is 2. The molecule has 1 heterocycles. The second-order valence-corrected chi connectivity index (χ2v) is 8.83. The minimum absolute atomic E-state index is 0.0469. The third-order valence-electron chi connectivity index (χ3n) is 5.84. The minimum atomic E-state index is -1.16. The van der Waals surface area contributed by atoms with E-state index in [0.29, 0.717) is 11.4 Å². The van der Waals surface area contributed by atoms with Gasteiger partial charge in [0.15, 0.2) is 0 Å². The molecule has 1 aliphatic heterocycles. The molecule has 0 aromatic heterocycles. The van der Waals surface area contributed by atoms with Crippen LogP contribution in [0.1, 0.15) is 54.2 Å². The van der Waals surface area contributed by atoms with Crippen LogP contribution in [0.3, 0.4) is 0 Å². The second kappa shape index (κ2) is 11.5. The second-order valence-electron chi connectivity index (χ2n) is 8.42. The zero-order valence-corrected chi connectivity index (χ0v) is 19.3. The largest absolute Gasteiger partial charge is 0.394 e. The Morgan fingerprint density at radius 1 is 1.16 bits per heavy atom. The molecule has 7 heteroatoms. The van der Waals surface area contributed by atoms with Gasteiger partial charge in [-0.2, -0.15) is 0 Å². The molecule has 2 aromatic rings. The summed E-state index contributed by atoms with van der Waals surface area (Å²) in [5.41, 5.74) is 4.74. The molecule has 1 unspecified atom stereocenters. The van der Waals surface area contributed by atoms with E-state index in [2.05, 4.69) is 31.2 Å². The van der Waals surface area contributed by atoms with Crippen molar-refractivity contribution in [1.29, 1.82) is 0 Å². The molecule has 1 fully saturated rings. The topological polar surface area (TPSA) is 79.2 Å². The molecule has 176 valence electrons. The predicted octanol–water partition coefficient (Wildman–Crippen LogP) is 3.91. The number of hydrogen-bond acceptors (Lipinski definition) is 5. The Bertz CT molecular complexity index is 873. The van der Waals surface area contributed by atoms with Gasteiger partial charge in [-0.25, -0.2) is 4.39 Å². The standard InChI is InChI=1S/C25H32ClFO5/c1-3-16-4-6-17(7-5-16)8-18-9-20(19(10-21(18)26)14-31-13-15(2)27)23-11-22(29)25(30)24(12-28)32-23/h4-7,9-10,15,22-25,28-30H,3,8,11-14H2,1-2H3/t15?,22-,23-,24-,25+/m1/s1. The van der Waals surface area contributed by atoms with E-state index in [1.165, 1.54) is 12.5 Å². The highest BCUT2D eigenvalue weighted by molar-refractivity contribution is 6.31. The van der Waals surface area contributed by atoms with Gasteiger partial charge in [-0.15, -0.1) is 0 Å². The van der Waals surface area contributed by atoms with Gasteiger partial charge in [0.1, 0.15) is 18.4 Å². The number of benzene rings is 2. The first-order chi connectivity index (χ1) is 15.3. The van der Waals surface area contributed by atoms with Crippen molar-refractivity contribution in [1.82, 2.24) is 0 Å². The van der Waals surface area contributed by atoms with Crippen LogP contribution in [0.4, 0.5) is 4.39 Å². The van der Waals surface area contributed by atoms with E-state index in [0.717, 1.165) is 28.7 Å². The summed E-state index contributed by atoms with van der Waals surface area (Å²) in [5, 5.41) is 30.5. The van der Waals surface area contributed by atoms with Crippen LogP contribution in [0.5, 0.6) is 0 Å². The maximum Gasteiger partial charge on any atom is 0.121 e. The van der Waals surface area contributed by atoms with Crippen LogP contribution in [0.15, 0.2) is 36.4 Å². The fraction of sp³-hybridized carbons (Fsp3) is 0.520. The lowest BCUT2D eigenvalue weighted by Crippen LogP contribution is -2.47. The van der Waals surface area contributed by atoms with Gasteiger partial charge in [-0.05, 0) is 53.6 Å². The average Bonchev–Trinajstić information content (AvgIpc) is 2.77. The number of aliphatic hydroxyl groups is 3. The van der Waals surface area contributed by atoms with Crippen molar-refractivity contribution in [3.05, 3.63) is 69.2 Å². The maximum atomic E-state index is 13.2. The molecule has 0 aliphatic carbocycles. The molecule has 0 radical (unpaired) electrons. The molecule has 32 heavy (non-hydrogen) atoms. The molecular weight excluding hydrogens is 435 g/mol. The fourth-order valence-corrected chi connectivity index (χ4v) is 4.24. The van der Waals surface area contributed by atoms with Gasteiger partial charge in [0.05, 0.1) is 32.0 Å². The van der Waals surface area contributed by atoms with Crippen LogP contribution in [0, 0.1) is 0 Å². The molecule has 0 bridgehead atoms. The Labute approximate surface area is 193 Å². The summed E-state index contributed by atoms with van der Waals surface area (Å²) in [7, 11) is 0. The Morgan fingerprint density at radius 3 is 2.47 bits per heavy atom. The first-order valence-electron chi connectivity index (χ1n) is 11.1. The van der Waals surface area contributed by atoms with Crippen LogP contribution < -0.4 is 0 Å². The van der Waals surface area contributed by atoms with Crippen molar-refractivity contribution in [3.8, 4) is 0 Å². The third-order valence-corrected chi connectivity index (χ3v) is 6.19. The van der Waals surface area contributed by atoms with E-state index in [1.807, 2.05) is 6.07 Å². The Kier molecular flexibility index (Phi) is 9.05. The third kappa shape index (κ3) is 6.28. The summed E-state index contributed by atoms with van der Waals surface area (Å²) in [6.07, 6.45) is -3.01. The SMILES string of the molecule is CCc1ccc(Cc2cc([C@H]3C[C@@H](O)[C@H](O)[C@@H](CO)O3)c(COCC(C)F)cc2Cl)cc1. The van der Waals surface area contributed by atoms with Gasteiger partial charge in [0.25, 0.3) is 0 Å². The van der Waals surface area contributed by atoms with Gasteiger partial charge in [-0.1, -0.05) is 48.9 Å².